The first-order valence-corrected chi connectivity index (χ1v) is 7.22. The number of carbonyl (C=O) groups excluding carboxylic acids is 1. The summed E-state index contributed by atoms with van der Waals surface area (Å²) in [6, 6.07) is 1.97. The Morgan fingerprint density at radius 3 is 2.50 bits per heavy atom. The topological polar surface area (TPSA) is 34.9 Å². The summed E-state index contributed by atoms with van der Waals surface area (Å²) < 4.78 is 1.76. The molecule has 1 heterocycles. The zero-order chi connectivity index (χ0) is 13.1. The maximum Gasteiger partial charge on any atom is 0.183 e. The maximum atomic E-state index is 12.5. The molecule has 3 nitrogen and oxygen atoms in total. The van der Waals surface area contributed by atoms with Crippen LogP contribution in [0.4, 0.5) is 0 Å². The van der Waals surface area contributed by atoms with Gasteiger partial charge in [-0.1, -0.05) is 20.3 Å². The van der Waals surface area contributed by atoms with E-state index in [0.29, 0.717) is 5.78 Å². The lowest BCUT2D eigenvalue weighted by Gasteiger charge is -2.26. The predicted octanol–water partition coefficient (Wildman–Crippen LogP) is 3.38. The molecule has 0 radical (unpaired) electrons. The second-order valence-corrected chi connectivity index (χ2v) is 5.49. The fraction of sp³-hybridized carbons (Fsp3) is 0.733. The second kappa shape index (κ2) is 5.68. The quantitative estimate of drug-likeness (QED) is 0.766. The van der Waals surface area contributed by atoms with Crippen molar-refractivity contribution in [2.45, 2.75) is 52.4 Å². The lowest BCUT2D eigenvalue weighted by molar-refractivity contribution is 0.0861. The molecular weight excluding hydrogens is 224 g/mol. The first-order chi connectivity index (χ1) is 8.65. The third-order valence-electron chi connectivity index (χ3n) is 4.34. The summed E-state index contributed by atoms with van der Waals surface area (Å²) in [5, 5.41) is 4.37. The van der Waals surface area contributed by atoms with Gasteiger partial charge in [0.1, 0.15) is 5.69 Å². The molecule has 18 heavy (non-hydrogen) atoms. The predicted molar refractivity (Wildman–Crippen MR) is 72.7 cm³/mol. The molecule has 1 aliphatic carbocycles. The molecule has 100 valence electrons. The largest absolute Gasteiger partial charge is 0.292 e. The van der Waals surface area contributed by atoms with E-state index in [1.807, 2.05) is 13.1 Å². The smallest absolute Gasteiger partial charge is 0.183 e. The molecule has 0 unspecified atom stereocenters. The van der Waals surface area contributed by atoms with E-state index in [-0.39, 0.29) is 5.92 Å². The van der Waals surface area contributed by atoms with Crippen molar-refractivity contribution in [1.29, 1.82) is 0 Å². The van der Waals surface area contributed by atoms with Crippen LogP contribution in [0.3, 0.4) is 0 Å². The molecule has 0 aliphatic heterocycles. The van der Waals surface area contributed by atoms with Crippen molar-refractivity contribution in [2.75, 3.05) is 0 Å². The fourth-order valence-electron chi connectivity index (χ4n) is 2.97. The fourth-order valence-corrected chi connectivity index (χ4v) is 2.97. The molecule has 0 bridgehead atoms. The van der Waals surface area contributed by atoms with Crippen LogP contribution in [-0.2, 0) is 13.5 Å². The summed E-state index contributed by atoms with van der Waals surface area (Å²) in [5.74, 6) is 1.37. The number of ketones is 1. The molecule has 0 aromatic carbocycles. The van der Waals surface area contributed by atoms with Crippen LogP contribution in [0.15, 0.2) is 6.07 Å². The molecular formula is C15H24N2O. The van der Waals surface area contributed by atoms with Crippen LogP contribution >= 0.6 is 0 Å². The van der Waals surface area contributed by atoms with Crippen LogP contribution in [-0.4, -0.2) is 15.6 Å². The Hall–Kier alpha value is -1.12. The lowest BCUT2D eigenvalue weighted by Crippen LogP contribution is -2.23. The highest BCUT2D eigenvalue weighted by atomic mass is 16.1. The van der Waals surface area contributed by atoms with E-state index in [9.17, 15) is 4.79 Å². The van der Waals surface area contributed by atoms with E-state index in [2.05, 4.69) is 18.9 Å². The van der Waals surface area contributed by atoms with Crippen molar-refractivity contribution in [3.63, 3.8) is 0 Å². The highest BCUT2D eigenvalue weighted by Gasteiger charge is 2.28. The van der Waals surface area contributed by atoms with Crippen LogP contribution in [0.25, 0.3) is 0 Å². The average molecular weight is 248 g/mol. The third-order valence-corrected chi connectivity index (χ3v) is 4.34. The number of aryl methyl sites for hydroxylation is 2. The third kappa shape index (κ3) is 2.65. The SMILES string of the molecule is CCc1cc(C(=O)C2CCC(CC)CC2)n(C)n1. The summed E-state index contributed by atoms with van der Waals surface area (Å²) in [6.45, 7) is 4.32. The van der Waals surface area contributed by atoms with Crippen molar-refractivity contribution in [2.24, 2.45) is 18.9 Å². The number of carbonyl (C=O) groups is 1. The van der Waals surface area contributed by atoms with Gasteiger partial charge >= 0.3 is 0 Å². The van der Waals surface area contributed by atoms with Crippen LogP contribution in [0.1, 0.15) is 62.1 Å². The lowest BCUT2D eigenvalue weighted by atomic mass is 9.78. The first kappa shape index (κ1) is 13.3. The van der Waals surface area contributed by atoms with E-state index in [1.54, 1.807) is 4.68 Å². The van der Waals surface area contributed by atoms with E-state index in [4.69, 9.17) is 0 Å². The average Bonchev–Trinajstić information content (AvgIpc) is 2.79. The zero-order valence-electron chi connectivity index (χ0n) is 11.8. The van der Waals surface area contributed by atoms with Gasteiger partial charge in [-0.3, -0.25) is 9.48 Å². The van der Waals surface area contributed by atoms with Gasteiger partial charge in [-0.2, -0.15) is 5.10 Å². The molecule has 2 rings (SSSR count). The summed E-state index contributed by atoms with van der Waals surface area (Å²) in [5.41, 5.74) is 1.81. The Morgan fingerprint density at radius 1 is 1.33 bits per heavy atom. The molecule has 1 aliphatic rings. The minimum Gasteiger partial charge on any atom is -0.292 e. The van der Waals surface area contributed by atoms with Crippen LogP contribution in [0, 0.1) is 11.8 Å². The number of aromatic nitrogens is 2. The van der Waals surface area contributed by atoms with E-state index in [1.165, 1.54) is 19.3 Å². The Morgan fingerprint density at radius 2 is 2.00 bits per heavy atom. The molecule has 1 fully saturated rings. The van der Waals surface area contributed by atoms with Crippen LogP contribution in [0.2, 0.25) is 0 Å². The highest BCUT2D eigenvalue weighted by molar-refractivity contribution is 5.96. The first-order valence-electron chi connectivity index (χ1n) is 7.22. The van der Waals surface area contributed by atoms with Crippen LogP contribution < -0.4 is 0 Å². The zero-order valence-corrected chi connectivity index (χ0v) is 11.8. The molecule has 0 saturated heterocycles. The minimum atomic E-state index is 0.230. The number of nitrogens with zero attached hydrogens (tertiary/aromatic N) is 2. The van der Waals surface area contributed by atoms with Gasteiger partial charge in [-0.25, -0.2) is 0 Å². The monoisotopic (exact) mass is 248 g/mol. The van der Waals surface area contributed by atoms with Gasteiger partial charge in [0.15, 0.2) is 5.78 Å². The van der Waals surface area contributed by atoms with Gasteiger partial charge < -0.3 is 0 Å². The summed E-state index contributed by atoms with van der Waals surface area (Å²) in [7, 11) is 1.88. The van der Waals surface area contributed by atoms with E-state index < -0.39 is 0 Å². The van der Waals surface area contributed by atoms with Gasteiger partial charge in [-0.15, -0.1) is 0 Å². The second-order valence-electron chi connectivity index (χ2n) is 5.49. The van der Waals surface area contributed by atoms with E-state index in [0.717, 1.165) is 36.6 Å². The van der Waals surface area contributed by atoms with Gasteiger partial charge in [0.2, 0.25) is 0 Å². The number of rotatable bonds is 4. The van der Waals surface area contributed by atoms with Gasteiger partial charge in [-0.05, 0) is 44.1 Å². The molecule has 1 saturated carbocycles. The number of hydrogen-bond donors (Lipinski definition) is 0. The van der Waals surface area contributed by atoms with Crippen molar-refractivity contribution in [1.82, 2.24) is 9.78 Å². The summed E-state index contributed by atoms with van der Waals surface area (Å²) >= 11 is 0. The summed E-state index contributed by atoms with van der Waals surface area (Å²) in [4.78, 5) is 12.5. The van der Waals surface area contributed by atoms with Gasteiger partial charge in [0.05, 0.1) is 5.69 Å². The van der Waals surface area contributed by atoms with Crippen molar-refractivity contribution >= 4 is 5.78 Å². The number of Topliss-reactive ketones (excluding diaryl/α,β-unsaturated/α-hetero) is 1. The Bertz CT molecular complexity index is 414. The molecule has 1 aromatic rings. The molecule has 1 aromatic heterocycles. The molecule has 0 spiro atoms. The van der Waals surface area contributed by atoms with E-state index >= 15 is 0 Å². The Labute approximate surface area is 110 Å². The minimum absolute atomic E-state index is 0.230. The van der Waals surface area contributed by atoms with Gasteiger partial charge in [0.25, 0.3) is 0 Å². The van der Waals surface area contributed by atoms with Crippen molar-refractivity contribution < 1.29 is 4.79 Å². The normalized spacial score (nSPS) is 24.2. The number of hydrogen-bond acceptors (Lipinski definition) is 2. The standard InChI is InChI=1S/C15H24N2O/c1-4-11-6-8-12(9-7-11)15(18)14-10-13(5-2)16-17(14)3/h10-12H,4-9H2,1-3H3. The van der Waals surface area contributed by atoms with Crippen molar-refractivity contribution in [3.05, 3.63) is 17.5 Å². The van der Waals surface area contributed by atoms with Crippen LogP contribution in [0.5, 0.6) is 0 Å². The molecule has 0 amide bonds. The molecule has 0 atom stereocenters. The Balaban J connectivity index is 2.05. The molecule has 0 N–H and O–H groups in total. The summed E-state index contributed by atoms with van der Waals surface area (Å²) in [6.07, 6.45) is 6.70. The Kier molecular flexibility index (Phi) is 4.20. The van der Waals surface area contributed by atoms with Gasteiger partial charge in [0, 0.05) is 13.0 Å². The van der Waals surface area contributed by atoms with Crippen molar-refractivity contribution in [3.8, 4) is 0 Å². The molecule has 3 heteroatoms. The highest BCUT2D eigenvalue weighted by Crippen LogP contribution is 2.32. The maximum absolute atomic E-state index is 12.5.